The minimum absolute atomic E-state index is 0.0213. The van der Waals surface area contributed by atoms with Gasteiger partial charge >= 0.3 is 0 Å². The van der Waals surface area contributed by atoms with Crippen LogP contribution >= 0.6 is 11.3 Å². The Morgan fingerprint density at radius 1 is 0.971 bits per heavy atom. The molecule has 2 aromatic carbocycles. The van der Waals surface area contributed by atoms with Gasteiger partial charge in [-0.2, -0.15) is 0 Å². The summed E-state index contributed by atoms with van der Waals surface area (Å²) in [5.74, 6) is -3.16. The molecule has 0 unspecified atom stereocenters. The van der Waals surface area contributed by atoms with Crippen LogP contribution in [0.4, 0.5) is 24.8 Å². The third kappa shape index (κ3) is 4.98. The third-order valence-electron chi connectivity index (χ3n) is 4.84. The lowest BCUT2D eigenvalue weighted by Gasteiger charge is -2.13. The summed E-state index contributed by atoms with van der Waals surface area (Å²) in [5.41, 5.74) is 5.84. The van der Waals surface area contributed by atoms with Gasteiger partial charge in [-0.05, 0) is 36.4 Å². The van der Waals surface area contributed by atoms with Crippen molar-refractivity contribution in [3.63, 3.8) is 0 Å². The molecule has 0 atom stereocenters. The van der Waals surface area contributed by atoms with Crippen LogP contribution in [-0.4, -0.2) is 23.4 Å². The van der Waals surface area contributed by atoms with Gasteiger partial charge in [-0.1, -0.05) is 26.8 Å². The first-order valence-electron chi connectivity index (χ1n) is 10.2. The van der Waals surface area contributed by atoms with Crippen LogP contribution in [0.15, 0.2) is 53.6 Å². The smallest absolute Gasteiger partial charge is 0.267 e. The number of anilines is 2. The van der Waals surface area contributed by atoms with Crippen LogP contribution < -0.4 is 10.5 Å². The number of nitrogens with zero attached hydrogens (tertiary/aromatic N) is 3. The summed E-state index contributed by atoms with van der Waals surface area (Å²) in [5, 5.41) is 0.679. The predicted octanol–water partition coefficient (Wildman–Crippen LogP) is 5.36. The number of halogens is 3. The van der Waals surface area contributed by atoms with Crippen molar-refractivity contribution in [2.45, 2.75) is 31.1 Å². The summed E-state index contributed by atoms with van der Waals surface area (Å²) < 4.78 is 70.8. The van der Waals surface area contributed by atoms with E-state index in [1.807, 2.05) is 20.8 Å². The third-order valence-corrected chi connectivity index (χ3v) is 7.77. The molecule has 0 aliphatic carbocycles. The maximum Gasteiger partial charge on any atom is 0.267 e. The highest BCUT2D eigenvalue weighted by Crippen LogP contribution is 2.41. The van der Waals surface area contributed by atoms with E-state index < -0.39 is 32.4 Å². The highest BCUT2D eigenvalue weighted by molar-refractivity contribution is 7.92. The summed E-state index contributed by atoms with van der Waals surface area (Å²) in [4.78, 5) is 12.1. The minimum Gasteiger partial charge on any atom is -0.368 e. The normalized spacial score (nSPS) is 12.1. The number of nitrogen functional groups attached to an aromatic ring is 1. The molecule has 0 amide bonds. The molecule has 35 heavy (non-hydrogen) atoms. The van der Waals surface area contributed by atoms with E-state index in [9.17, 15) is 17.2 Å². The lowest BCUT2D eigenvalue weighted by Crippen LogP contribution is -2.16. The molecular weight excluding hydrogens is 499 g/mol. The van der Waals surface area contributed by atoms with Gasteiger partial charge in [0.1, 0.15) is 17.5 Å². The quantitative estimate of drug-likeness (QED) is 0.367. The zero-order valence-corrected chi connectivity index (χ0v) is 20.4. The van der Waals surface area contributed by atoms with Crippen molar-refractivity contribution in [3.05, 3.63) is 71.1 Å². The van der Waals surface area contributed by atoms with Gasteiger partial charge in [0.15, 0.2) is 4.90 Å². The zero-order valence-electron chi connectivity index (χ0n) is 18.8. The minimum atomic E-state index is -4.65. The number of hydrogen-bond donors (Lipinski definition) is 2. The molecule has 4 aromatic rings. The van der Waals surface area contributed by atoms with E-state index in [-0.39, 0.29) is 28.3 Å². The first kappa shape index (κ1) is 24.6. The molecule has 0 fully saturated rings. The number of sulfonamides is 1. The van der Waals surface area contributed by atoms with E-state index in [1.54, 1.807) is 6.07 Å². The van der Waals surface area contributed by atoms with Crippen molar-refractivity contribution < 1.29 is 21.6 Å². The van der Waals surface area contributed by atoms with Crippen LogP contribution in [0.5, 0.6) is 0 Å². The average molecular weight is 520 g/mol. The van der Waals surface area contributed by atoms with Crippen molar-refractivity contribution >= 4 is 33.0 Å². The molecular formula is C23H20F3N5O2S2. The summed E-state index contributed by atoms with van der Waals surface area (Å²) >= 11 is 1.29. The van der Waals surface area contributed by atoms with Gasteiger partial charge in [0.25, 0.3) is 10.0 Å². The molecule has 3 N–H and O–H groups in total. The molecule has 0 radical (unpaired) electrons. The molecule has 2 aromatic heterocycles. The van der Waals surface area contributed by atoms with Gasteiger partial charge in [-0.15, -0.1) is 11.3 Å². The van der Waals surface area contributed by atoms with Crippen LogP contribution in [-0.2, 0) is 15.4 Å². The SMILES string of the molecule is CC(C)(C)c1nc(-c2cc(NS(=O)(=O)c3c(F)cccc3F)ccc2F)c(-c2ccnc(N)n2)s1. The lowest BCUT2D eigenvalue weighted by atomic mass is 9.98. The van der Waals surface area contributed by atoms with Gasteiger partial charge in [0, 0.05) is 22.9 Å². The second kappa shape index (κ2) is 8.93. The summed E-state index contributed by atoms with van der Waals surface area (Å²) in [6, 6.07) is 7.71. The molecule has 0 saturated carbocycles. The Hall–Kier alpha value is -3.51. The van der Waals surface area contributed by atoms with Crippen molar-refractivity contribution in [3.8, 4) is 21.8 Å². The second-order valence-corrected chi connectivity index (χ2v) is 11.2. The van der Waals surface area contributed by atoms with E-state index in [0.717, 1.165) is 30.3 Å². The summed E-state index contributed by atoms with van der Waals surface area (Å²) in [7, 11) is -4.65. The lowest BCUT2D eigenvalue weighted by molar-refractivity contribution is 0.521. The first-order valence-corrected chi connectivity index (χ1v) is 12.5. The van der Waals surface area contributed by atoms with E-state index in [1.165, 1.54) is 23.6 Å². The number of benzene rings is 2. The number of aromatic nitrogens is 3. The number of nitrogens with one attached hydrogen (secondary N) is 1. The molecule has 182 valence electrons. The monoisotopic (exact) mass is 519 g/mol. The molecule has 2 heterocycles. The molecule has 0 aliphatic rings. The van der Waals surface area contributed by atoms with Crippen molar-refractivity contribution in [1.29, 1.82) is 0 Å². The summed E-state index contributed by atoms with van der Waals surface area (Å²) in [6.45, 7) is 5.83. The van der Waals surface area contributed by atoms with E-state index >= 15 is 4.39 Å². The largest absolute Gasteiger partial charge is 0.368 e. The van der Waals surface area contributed by atoms with E-state index in [2.05, 4.69) is 19.7 Å². The van der Waals surface area contributed by atoms with Crippen LogP contribution in [0.25, 0.3) is 21.8 Å². The predicted molar refractivity (Wildman–Crippen MR) is 129 cm³/mol. The van der Waals surface area contributed by atoms with E-state index in [4.69, 9.17) is 5.73 Å². The average Bonchev–Trinajstić information content (AvgIpc) is 3.20. The van der Waals surface area contributed by atoms with Gasteiger partial charge in [0.2, 0.25) is 5.95 Å². The Labute approximate surface area is 204 Å². The Bertz CT molecular complexity index is 1510. The fourth-order valence-corrected chi connectivity index (χ4v) is 5.51. The van der Waals surface area contributed by atoms with Gasteiger partial charge < -0.3 is 5.73 Å². The van der Waals surface area contributed by atoms with Crippen LogP contribution in [0.1, 0.15) is 25.8 Å². The maximum absolute atomic E-state index is 15.0. The van der Waals surface area contributed by atoms with E-state index in [0.29, 0.717) is 15.6 Å². The maximum atomic E-state index is 15.0. The van der Waals surface area contributed by atoms with Gasteiger partial charge in [-0.25, -0.2) is 36.5 Å². The number of thiazole rings is 1. The molecule has 0 aliphatic heterocycles. The Morgan fingerprint density at radius 3 is 2.29 bits per heavy atom. The van der Waals surface area contributed by atoms with Gasteiger partial charge in [-0.3, -0.25) is 4.72 Å². The Kier molecular flexibility index (Phi) is 6.28. The number of rotatable bonds is 5. The van der Waals surface area contributed by atoms with Crippen molar-refractivity contribution in [1.82, 2.24) is 15.0 Å². The molecule has 0 saturated heterocycles. The molecule has 4 rings (SSSR count). The zero-order chi connectivity index (χ0) is 25.5. The fraction of sp³-hybridized carbons (Fsp3) is 0.174. The first-order chi connectivity index (χ1) is 16.4. The molecule has 7 nitrogen and oxygen atoms in total. The summed E-state index contributed by atoms with van der Waals surface area (Å²) in [6.07, 6.45) is 1.46. The fourth-order valence-electron chi connectivity index (χ4n) is 3.21. The standard InChI is InChI=1S/C23H20F3N5O2S2/c1-23(2,3)21-30-18(19(34-21)17-9-10-28-22(27)29-17)13-11-12(7-8-14(13)24)31-35(32,33)20-15(25)5-4-6-16(20)26/h4-11,31H,1-3H3,(H2,27,28,29). The van der Waals surface area contributed by atoms with Crippen molar-refractivity contribution in [2.75, 3.05) is 10.5 Å². The van der Waals surface area contributed by atoms with Crippen LogP contribution in [0, 0.1) is 17.5 Å². The highest BCUT2D eigenvalue weighted by atomic mass is 32.2. The molecule has 0 spiro atoms. The van der Waals surface area contributed by atoms with Crippen LogP contribution in [0.3, 0.4) is 0 Å². The Morgan fingerprint density at radius 2 is 1.66 bits per heavy atom. The van der Waals surface area contributed by atoms with Crippen LogP contribution in [0.2, 0.25) is 0 Å². The topological polar surface area (TPSA) is 111 Å². The number of nitrogens with two attached hydrogens (primary N) is 1. The van der Waals surface area contributed by atoms with Gasteiger partial charge in [0.05, 0.1) is 21.3 Å². The molecule has 12 heteroatoms. The highest BCUT2D eigenvalue weighted by Gasteiger charge is 2.27. The second-order valence-electron chi connectivity index (χ2n) is 8.60. The molecule has 0 bridgehead atoms. The van der Waals surface area contributed by atoms with Crippen molar-refractivity contribution in [2.24, 2.45) is 0 Å². The Balaban J connectivity index is 1.84. The number of hydrogen-bond acceptors (Lipinski definition) is 7.